The summed E-state index contributed by atoms with van der Waals surface area (Å²) in [5.74, 6) is -0.801. The van der Waals surface area contributed by atoms with Gasteiger partial charge in [-0.1, -0.05) is 29.8 Å². The minimum Gasteiger partial charge on any atom is -0.280 e. The van der Waals surface area contributed by atoms with Crippen LogP contribution in [0.1, 0.15) is 46.8 Å². The van der Waals surface area contributed by atoms with Gasteiger partial charge in [0.25, 0.3) is 27.3 Å². The number of sulfonamides is 1. The van der Waals surface area contributed by atoms with Crippen molar-refractivity contribution in [1.82, 2.24) is 5.01 Å². The highest BCUT2D eigenvalue weighted by Crippen LogP contribution is 2.45. The van der Waals surface area contributed by atoms with E-state index in [4.69, 9.17) is 16.7 Å². The largest absolute Gasteiger partial charge is 0.280 e. The van der Waals surface area contributed by atoms with Crippen LogP contribution in [0.25, 0.3) is 6.08 Å². The first-order chi connectivity index (χ1) is 22.5. The SMILES string of the molecule is O=C(c1cccc(S(=O)(=O)Nc2ccc(Cl)cc2)c1)N1N=C2/C(=C/c3ccc([N+](=O)[O-])cc3)CCC[C@H]2[C@@H]1c1ccc([N+](=O)[O-])cc1. The Morgan fingerprint density at radius 3 is 2.19 bits per heavy atom. The number of fused-ring (bicyclic) bond motifs is 1. The van der Waals surface area contributed by atoms with Crippen LogP contribution in [0, 0.1) is 26.1 Å². The van der Waals surface area contributed by atoms with Crippen molar-refractivity contribution in [2.24, 2.45) is 11.0 Å². The third kappa shape index (κ3) is 6.62. The second-order valence-electron chi connectivity index (χ2n) is 11.1. The number of nitrogens with zero attached hydrogens (tertiary/aromatic N) is 4. The van der Waals surface area contributed by atoms with Crippen molar-refractivity contribution in [2.45, 2.75) is 30.2 Å². The summed E-state index contributed by atoms with van der Waals surface area (Å²) >= 11 is 5.92. The minimum atomic E-state index is -4.07. The molecule has 1 heterocycles. The molecule has 6 rings (SSSR count). The molecule has 47 heavy (non-hydrogen) atoms. The summed E-state index contributed by atoms with van der Waals surface area (Å²) in [6, 6.07) is 23.2. The van der Waals surface area contributed by atoms with Crippen LogP contribution in [0.4, 0.5) is 17.1 Å². The lowest BCUT2D eigenvalue weighted by Gasteiger charge is -2.29. The number of nitro benzene ring substituents is 2. The molecule has 14 heteroatoms. The smallest absolute Gasteiger partial charge is 0.274 e. The number of hydrogen-bond acceptors (Lipinski definition) is 8. The summed E-state index contributed by atoms with van der Waals surface area (Å²) in [6.07, 6.45) is 4.01. The van der Waals surface area contributed by atoms with Crippen LogP contribution < -0.4 is 4.72 Å². The molecule has 1 N–H and O–H groups in total. The summed E-state index contributed by atoms with van der Waals surface area (Å²) < 4.78 is 29.0. The molecular formula is C33H26ClN5O7S. The van der Waals surface area contributed by atoms with E-state index in [0.29, 0.717) is 34.8 Å². The van der Waals surface area contributed by atoms with E-state index in [1.165, 1.54) is 65.7 Å². The fraction of sp³-hybridized carbons (Fsp3) is 0.152. The molecule has 238 valence electrons. The summed E-state index contributed by atoms with van der Waals surface area (Å²) in [4.78, 5) is 35.6. The van der Waals surface area contributed by atoms with E-state index in [2.05, 4.69) is 4.72 Å². The molecule has 2 aliphatic rings. The van der Waals surface area contributed by atoms with Crippen molar-refractivity contribution >= 4 is 56.4 Å². The van der Waals surface area contributed by atoms with Gasteiger partial charge in [0.2, 0.25) is 0 Å². The average Bonchev–Trinajstić information content (AvgIpc) is 3.46. The lowest BCUT2D eigenvalue weighted by atomic mass is 9.77. The van der Waals surface area contributed by atoms with Gasteiger partial charge in [-0.05, 0) is 96.6 Å². The normalized spacial score (nSPS) is 18.4. The van der Waals surface area contributed by atoms with Crippen LogP contribution in [-0.2, 0) is 10.0 Å². The molecule has 1 amide bonds. The van der Waals surface area contributed by atoms with Gasteiger partial charge >= 0.3 is 0 Å². The first-order valence-corrected chi connectivity index (χ1v) is 16.4. The van der Waals surface area contributed by atoms with Crippen molar-refractivity contribution in [3.63, 3.8) is 0 Å². The molecule has 2 atom stereocenters. The number of benzene rings is 4. The van der Waals surface area contributed by atoms with Gasteiger partial charge in [-0.2, -0.15) is 5.10 Å². The summed E-state index contributed by atoms with van der Waals surface area (Å²) in [5, 5.41) is 29.1. The number of hydrazone groups is 1. The number of anilines is 1. The maximum absolute atomic E-state index is 14.2. The number of nitrogens with one attached hydrogen (secondary N) is 1. The van der Waals surface area contributed by atoms with Crippen molar-refractivity contribution in [2.75, 3.05) is 4.72 Å². The summed E-state index contributed by atoms with van der Waals surface area (Å²) in [6.45, 7) is 0. The van der Waals surface area contributed by atoms with Gasteiger partial charge < -0.3 is 0 Å². The Balaban J connectivity index is 1.37. The van der Waals surface area contributed by atoms with E-state index in [0.717, 1.165) is 17.6 Å². The average molecular weight is 672 g/mol. The maximum Gasteiger partial charge on any atom is 0.274 e. The number of non-ortho nitro benzene ring substituents is 2. The zero-order valence-corrected chi connectivity index (χ0v) is 26.1. The van der Waals surface area contributed by atoms with Crippen LogP contribution >= 0.6 is 11.6 Å². The second kappa shape index (κ2) is 12.8. The van der Waals surface area contributed by atoms with Gasteiger partial charge in [0.05, 0.1) is 26.5 Å². The van der Waals surface area contributed by atoms with Gasteiger partial charge in [0.15, 0.2) is 0 Å². The van der Waals surface area contributed by atoms with Crippen LogP contribution in [0.3, 0.4) is 0 Å². The van der Waals surface area contributed by atoms with E-state index in [1.807, 2.05) is 6.08 Å². The van der Waals surface area contributed by atoms with E-state index in [-0.39, 0.29) is 27.8 Å². The minimum absolute atomic E-state index is 0.0329. The molecule has 1 fully saturated rings. The highest BCUT2D eigenvalue weighted by molar-refractivity contribution is 7.92. The molecule has 1 saturated carbocycles. The van der Waals surface area contributed by atoms with E-state index in [9.17, 15) is 33.4 Å². The first kappa shape index (κ1) is 31.6. The Morgan fingerprint density at radius 1 is 0.915 bits per heavy atom. The molecule has 0 aromatic heterocycles. The monoisotopic (exact) mass is 671 g/mol. The Kier molecular flexibility index (Phi) is 8.58. The van der Waals surface area contributed by atoms with Crippen LogP contribution in [0.5, 0.6) is 0 Å². The van der Waals surface area contributed by atoms with Crippen molar-refractivity contribution in [1.29, 1.82) is 0 Å². The van der Waals surface area contributed by atoms with Gasteiger partial charge in [-0.15, -0.1) is 0 Å². The molecule has 12 nitrogen and oxygen atoms in total. The summed E-state index contributed by atoms with van der Waals surface area (Å²) in [5.41, 5.74) is 3.15. The lowest BCUT2D eigenvalue weighted by molar-refractivity contribution is -0.385. The standard InChI is InChI=1S/C33H26ClN5O7S/c34-25-11-13-26(14-12-25)36-47(45,46)29-5-1-4-24(20-29)33(40)37-32(22-9-17-28(18-10-22)39(43)44)30-6-2-3-23(31(30)35-37)19-21-7-15-27(16-8-21)38(41)42/h1,4-5,7-20,30,32,36H,2-3,6H2/b23-19+/t30-,32+/m1/s1. The van der Waals surface area contributed by atoms with E-state index in [1.54, 1.807) is 36.4 Å². The summed E-state index contributed by atoms with van der Waals surface area (Å²) in [7, 11) is -4.07. The van der Waals surface area contributed by atoms with Gasteiger partial charge in [0, 0.05) is 46.5 Å². The Bertz CT molecular complexity index is 2050. The van der Waals surface area contributed by atoms with Crippen molar-refractivity contribution < 1.29 is 23.1 Å². The van der Waals surface area contributed by atoms with Crippen molar-refractivity contribution in [3.05, 3.63) is 145 Å². The van der Waals surface area contributed by atoms with Gasteiger partial charge in [-0.25, -0.2) is 13.4 Å². The van der Waals surface area contributed by atoms with Gasteiger partial charge in [0.1, 0.15) is 0 Å². The molecule has 0 radical (unpaired) electrons. The van der Waals surface area contributed by atoms with E-state index >= 15 is 0 Å². The molecule has 4 aromatic rings. The molecular weight excluding hydrogens is 646 g/mol. The molecule has 0 bridgehead atoms. The van der Waals surface area contributed by atoms with Crippen LogP contribution in [-0.4, -0.2) is 34.9 Å². The number of nitro groups is 2. The van der Waals surface area contributed by atoms with Crippen molar-refractivity contribution in [3.8, 4) is 0 Å². The zero-order chi connectivity index (χ0) is 33.3. The van der Waals surface area contributed by atoms with E-state index < -0.39 is 31.8 Å². The number of carbonyl (C=O) groups is 1. The highest BCUT2D eigenvalue weighted by Gasteiger charge is 2.44. The number of hydrogen-bond donors (Lipinski definition) is 1. The highest BCUT2D eigenvalue weighted by atomic mass is 35.5. The maximum atomic E-state index is 14.2. The predicted octanol–water partition coefficient (Wildman–Crippen LogP) is 7.39. The third-order valence-electron chi connectivity index (χ3n) is 8.09. The quantitative estimate of drug-likeness (QED) is 0.151. The molecule has 0 spiro atoms. The van der Waals surface area contributed by atoms with Crippen LogP contribution in [0.15, 0.2) is 113 Å². The molecule has 1 aliphatic heterocycles. The third-order valence-corrected chi connectivity index (χ3v) is 9.72. The number of carbonyl (C=O) groups excluding carboxylic acids is 1. The fourth-order valence-corrected chi connectivity index (χ4v) is 7.08. The topological polar surface area (TPSA) is 165 Å². The van der Waals surface area contributed by atoms with Crippen LogP contribution in [0.2, 0.25) is 5.02 Å². The zero-order valence-electron chi connectivity index (χ0n) is 24.5. The lowest BCUT2D eigenvalue weighted by Crippen LogP contribution is -2.32. The molecule has 4 aromatic carbocycles. The predicted molar refractivity (Wildman–Crippen MR) is 177 cm³/mol. The number of rotatable bonds is 8. The first-order valence-electron chi connectivity index (χ1n) is 14.5. The fourth-order valence-electron chi connectivity index (χ4n) is 5.85. The second-order valence-corrected chi connectivity index (χ2v) is 13.2. The number of amides is 1. The molecule has 0 saturated heterocycles. The van der Waals surface area contributed by atoms with Gasteiger partial charge in [-0.3, -0.25) is 29.7 Å². The Labute approximate surface area is 274 Å². The number of halogens is 1. The Morgan fingerprint density at radius 2 is 1.55 bits per heavy atom. The number of allylic oxidation sites excluding steroid dienone is 1. The Hall–Kier alpha value is -5.40. The molecule has 0 unspecified atom stereocenters. The molecule has 1 aliphatic carbocycles.